The number of hydrogen-bond donors (Lipinski definition) is 0. The molecule has 0 fully saturated rings. The second kappa shape index (κ2) is 17.4. The molecule has 0 aliphatic rings. The van der Waals surface area contributed by atoms with E-state index in [0.717, 1.165) is 45.5 Å². The van der Waals surface area contributed by atoms with Crippen molar-refractivity contribution in [3.8, 4) is 33.6 Å². The van der Waals surface area contributed by atoms with Crippen molar-refractivity contribution in [2.45, 2.75) is 0 Å². The normalized spacial score (nSPS) is 11.4. The number of aromatic nitrogens is 2. The maximum Gasteiger partial charge on any atom is 0.0562 e. The Morgan fingerprint density at radius 1 is 0.214 bits per heavy atom. The summed E-state index contributed by atoms with van der Waals surface area (Å²) in [5.41, 5.74) is 18.4. The van der Waals surface area contributed by atoms with Crippen molar-refractivity contribution >= 4 is 77.7 Å². The molecule has 4 nitrogen and oxygen atoms in total. The van der Waals surface area contributed by atoms with Gasteiger partial charge in [0, 0.05) is 55.7 Å². The summed E-state index contributed by atoms with van der Waals surface area (Å²) < 4.78 is 4.76. The van der Waals surface area contributed by atoms with Gasteiger partial charge in [0.1, 0.15) is 0 Å². The standard InChI is InChI=1S/C66H46N4/c1-5-19-51(20-6-1)67(61-31-17-33-63-65(61)57-27-13-15-29-59(57)69(63)53-23-9-3-10-24-53)55-43-39-49(40-44-55)47-35-37-48(38-36-47)50-41-45-56(46-42-50)68(52-21-7-2-8-22-52)62-32-18-34-64-66(62)58-28-14-16-30-60(58)70(64)54-25-11-4-12-26-54/h1-46H. The summed E-state index contributed by atoms with van der Waals surface area (Å²) in [7, 11) is 0. The molecule has 13 aromatic rings. The smallest absolute Gasteiger partial charge is 0.0562 e. The Hall–Kier alpha value is -9.38. The van der Waals surface area contributed by atoms with Gasteiger partial charge in [0.15, 0.2) is 0 Å². The van der Waals surface area contributed by atoms with Gasteiger partial charge in [0.25, 0.3) is 0 Å². The Kier molecular flexibility index (Phi) is 10.1. The van der Waals surface area contributed by atoms with Crippen LogP contribution in [0.5, 0.6) is 0 Å². The average Bonchev–Trinajstić information content (AvgIpc) is 3.97. The Morgan fingerprint density at radius 3 is 0.871 bits per heavy atom. The lowest BCUT2D eigenvalue weighted by Crippen LogP contribution is -2.10. The zero-order chi connectivity index (χ0) is 46.4. The molecule has 0 spiro atoms. The third kappa shape index (κ3) is 7.01. The fourth-order valence-electron chi connectivity index (χ4n) is 10.6. The zero-order valence-electron chi connectivity index (χ0n) is 38.3. The first-order valence-corrected chi connectivity index (χ1v) is 23.9. The van der Waals surface area contributed by atoms with Gasteiger partial charge in [-0.2, -0.15) is 0 Å². The number of para-hydroxylation sites is 6. The molecule has 0 bridgehead atoms. The van der Waals surface area contributed by atoms with Crippen LogP contribution in [0.1, 0.15) is 0 Å². The average molecular weight is 895 g/mol. The van der Waals surface area contributed by atoms with E-state index in [0.29, 0.717) is 0 Å². The molecule has 0 amide bonds. The lowest BCUT2D eigenvalue weighted by Gasteiger charge is -2.27. The van der Waals surface area contributed by atoms with Gasteiger partial charge in [-0.25, -0.2) is 0 Å². The van der Waals surface area contributed by atoms with E-state index in [1.54, 1.807) is 0 Å². The first-order valence-electron chi connectivity index (χ1n) is 23.9. The summed E-state index contributed by atoms with van der Waals surface area (Å²) >= 11 is 0. The summed E-state index contributed by atoms with van der Waals surface area (Å²) in [6, 6.07) is 101. The number of anilines is 6. The molecule has 0 aliphatic heterocycles. The highest BCUT2D eigenvalue weighted by atomic mass is 15.2. The van der Waals surface area contributed by atoms with Gasteiger partial charge in [-0.1, -0.05) is 170 Å². The van der Waals surface area contributed by atoms with E-state index in [1.165, 1.54) is 65.9 Å². The predicted octanol–water partition coefficient (Wildman–Crippen LogP) is 18.2. The van der Waals surface area contributed by atoms with Crippen LogP contribution in [0.2, 0.25) is 0 Å². The van der Waals surface area contributed by atoms with E-state index in [4.69, 9.17) is 0 Å². The van der Waals surface area contributed by atoms with Gasteiger partial charge in [-0.3, -0.25) is 0 Å². The molecule has 330 valence electrons. The van der Waals surface area contributed by atoms with Crippen molar-refractivity contribution in [2.75, 3.05) is 9.80 Å². The van der Waals surface area contributed by atoms with Crippen LogP contribution >= 0.6 is 0 Å². The molecule has 2 aromatic heterocycles. The Morgan fingerprint density at radius 2 is 0.500 bits per heavy atom. The van der Waals surface area contributed by atoms with Gasteiger partial charge in [0.05, 0.1) is 33.4 Å². The molecule has 11 aromatic carbocycles. The molecule has 0 atom stereocenters. The summed E-state index contributed by atoms with van der Waals surface area (Å²) in [4.78, 5) is 4.78. The lowest BCUT2D eigenvalue weighted by atomic mass is 9.99. The van der Waals surface area contributed by atoms with E-state index in [1.807, 2.05) is 0 Å². The molecule has 0 aliphatic carbocycles. The van der Waals surface area contributed by atoms with Crippen LogP contribution in [0.3, 0.4) is 0 Å². The molecule has 0 saturated heterocycles. The molecule has 13 rings (SSSR count). The van der Waals surface area contributed by atoms with Gasteiger partial charge in [0.2, 0.25) is 0 Å². The molecule has 70 heavy (non-hydrogen) atoms. The number of nitrogens with zero attached hydrogens (tertiary/aromatic N) is 4. The maximum atomic E-state index is 2.39. The minimum Gasteiger partial charge on any atom is -0.310 e. The molecule has 2 heterocycles. The minimum absolute atomic E-state index is 1.10. The first kappa shape index (κ1) is 40.9. The molecule has 0 unspecified atom stereocenters. The molecule has 0 saturated carbocycles. The highest BCUT2D eigenvalue weighted by Gasteiger charge is 2.23. The fraction of sp³-hybridized carbons (Fsp3) is 0. The lowest BCUT2D eigenvalue weighted by molar-refractivity contribution is 1.18. The molecule has 0 radical (unpaired) electrons. The number of benzene rings is 11. The van der Waals surface area contributed by atoms with Crippen molar-refractivity contribution in [1.82, 2.24) is 9.13 Å². The van der Waals surface area contributed by atoms with Gasteiger partial charge >= 0.3 is 0 Å². The third-order valence-corrected chi connectivity index (χ3v) is 13.7. The fourth-order valence-corrected chi connectivity index (χ4v) is 10.6. The first-order chi connectivity index (χ1) is 34.8. The summed E-state index contributed by atoms with van der Waals surface area (Å²) in [5, 5.41) is 4.88. The summed E-state index contributed by atoms with van der Waals surface area (Å²) in [5.74, 6) is 0. The summed E-state index contributed by atoms with van der Waals surface area (Å²) in [6.07, 6.45) is 0. The van der Waals surface area contributed by atoms with Crippen molar-refractivity contribution in [3.63, 3.8) is 0 Å². The van der Waals surface area contributed by atoms with Crippen molar-refractivity contribution in [1.29, 1.82) is 0 Å². The van der Waals surface area contributed by atoms with Crippen molar-refractivity contribution < 1.29 is 0 Å². The maximum absolute atomic E-state index is 2.39. The number of hydrogen-bond acceptors (Lipinski definition) is 2. The summed E-state index contributed by atoms with van der Waals surface area (Å²) in [6.45, 7) is 0. The Bertz CT molecular complexity index is 3690. The largest absolute Gasteiger partial charge is 0.310 e. The third-order valence-electron chi connectivity index (χ3n) is 13.7. The van der Waals surface area contributed by atoms with Crippen molar-refractivity contribution in [2.24, 2.45) is 0 Å². The second-order valence-electron chi connectivity index (χ2n) is 17.7. The van der Waals surface area contributed by atoms with Crippen LogP contribution in [-0.2, 0) is 0 Å². The van der Waals surface area contributed by atoms with Crippen LogP contribution in [0.15, 0.2) is 279 Å². The monoisotopic (exact) mass is 894 g/mol. The zero-order valence-corrected chi connectivity index (χ0v) is 38.3. The number of fused-ring (bicyclic) bond motifs is 6. The van der Waals surface area contributed by atoms with E-state index in [9.17, 15) is 0 Å². The predicted molar refractivity (Wildman–Crippen MR) is 295 cm³/mol. The van der Waals surface area contributed by atoms with E-state index in [-0.39, 0.29) is 0 Å². The number of rotatable bonds is 10. The second-order valence-corrected chi connectivity index (χ2v) is 17.7. The molecule has 4 heteroatoms. The Balaban J connectivity index is 0.831. The highest BCUT2D eigenvalue weighted by molar-refractivity contribution is 6.18. The van der Waals surface area contributed by atoms with E-state index in [2.05, 4.69) is 298 Å². The SMILES string of the molecule is c1ccc(N(c2ccc(-c3ccc(-c4ccc(N(c5ccccc5)c5cccc6c5c5ccccc5n6-c5ccccc5)cc4)cc3)cc2)c2cccc3c2c2ccccc2n3-c2ccccc2)cc1. The highest BCUT2D eigenvalue weighted by Crippen LogP contribution is 2.46. The molecular formula is C66H46N4. The van der Waals surface area contributed by atoms with Crippen molar-refractivity contribution in [3.05, 3.63) is 279 Å². The Labute approximate surface area is 407 Å². The minimum atomic E-state index is 1.10. The van der Waals surface area contributed by atoms with E-state index >= 15 is 0 Å². The quantitative estimate of drug-likeness (QED) is 0.136. The molecular weight excluding hydrogens is 849 g/mol. The van der Waals surface area contributed by atoms with Crippen LogP contribution in [0, 0.1) is 0 Å². The van der Waals surface area contributed by atoms with Crippen LogP contribution in [-0.4, -0.2) is 9.13 Å². The van der Waals surface area contributed by atoms with E-state index < -0.39 is 0 Å². The molecule has 0 N–H and O–H groups in total. The van der Waals surface area contributed by atoms with Gasteiger partial charge < -0.3 is 18.9 Å². The van der Waals surface area contributed by atoms with Crippen LogP contribution in [0.4, 0.5) is 34.1 Å². The van der Waals surface area contributed by atoms with Crippen LogP contribution < -0.4 is 9.80 Å². The van der Waals surface area contributed by atoms with Gasteiger partial charge in [-0.05, 0) is 131 Å². The topological polar surface area (TPSA) is 16.3 Å². The van der Waals surface area contributed by atoms with Crippen LogP contribution in [0.25, 0.3) is 77.2 Å². The van der Waals surface area contributed by atoms with Gasteiger partial charge in [-0.15, -0.1) is 0 Å².